The van der Waals surface area contributed by atoms with E-state index < -0.39 is 6.10 Å². The van der Waals surface area contributed by atoms with Crippen LogP contribution in [0.3, 0.4) is 0 Å². The van der Waals surface area contributed by atoms with Gasteiger partial charge >= 0.3 is 0 Å². The maximum absolute atomic E-state index is 13.0. The summed E-state index contributed by atoms with van der Waals surface area (Å²) in [5.41, 5.74) is 0.986. The molecule has 0 radical (unpaired) electrons. The summed E-state index contributed by atoms with van der Waals surface area (Å²) < 4.78 is 30.0. The molecule has 6 nitrogen and oxygen atoms in total. The number of carbonyl (C=O) groups excluding carboxylic acids is 1. The summed E-state index contributed by atoms with van der Waals surface area (Å²) in [7, 11) is 0. The summed E-state index contributed by atoms with van der Waals surface area (Å²) in [4.78, 5) is 16.9. The van der Waals surface area contributed by atoms with E-state index in [0.717, 1.165) is 24.4 Å². The lowest BCUT2D eigenvalue weighted by Gasteiger charge is -2.38. The van der Waals surface area contributed by atoms with Crippen LogP contribution in [0.15, 0.2) is 48.5 Å². The highest BCUT2D eigenvalue weighted by Gasteiger charge is 2.33. The molecule has 2 aliphatic heterocycles. The number of benzene rings is 2. The second kappa shape index (κ2) is 9.13. The van der Waals surface area contributed by atoms with Gasteiger partial charge in [-0.2, -0.15) is 0 Å². The van der Waals surface area contributed by atoms with Crippen LogP contribution in [0.25, 0.3) is 0 Å². The van der Waals surface area contributed by atoms with Gasteiger partial charge in [0, 0.05) is 19.6 Å². The van der Waals surface area contributed by atoms with Crippen molar-refractivity contribution in [3.8, 4) is 11.5 Å². The second-order valence-electron chi connectivity index (χ2n) is 7.11. The van der Waals surface area contributed by atoms with Gasteiger partial charge < -0.3 is 24.0 Å². The number of halogens is 1. The van der Waals surface area contributed by atoms with Gasteiger partial charge in [-0.25, -0.2) is 4.39 Å². The lowest BCUT2D eigenvalue weighted by atomic mass is 10.1. The van der Waals surface area contributed by atoms with Gasteiger partial charge in [-0.15, -0.1) is 0 Å². The van der Waals surface area contributed by atoms with Crippen LogP contribution in [0, 0.1) is 5.82 Å². The third kappa shape index (κ3) is 4.79. The predicted octanol–water partition coefficient (Wildman–Crippen LogP) is 2.72. The van der Waals surface area contributed by atoms with E-state index in [1.54, 1.807) is 12.1 Å². The van der Waals surface area contributed by atoms with Crippen molar-refractivity contribution in [2.45, 2.75) is 12.5 Å². The zero-order chi connectivity index (χ0) is 20.1. The number of ether oxygens (including phenoxy) is 3. The number of anilines is 1. The SMILES string of the molecule is O=C(C1CN(CCCOc2ccc(F)cc2)c2ccccc2O1)N1CCOCC1. The third-order valence-electron chi connectivity index (χ3n) is 5.11. The first-order chi connectivity index (χ1) is 14.2. The van der Waals surface area contributed by atoms with E-state index in [4.69, 9.17) is 14.2 Å². The minimum Gasteiger partial charge on any atom is -0.494 e. The molecule has 0 saturated carbocycles. The van der Waals surface area contributed by atoms with E-state index >= 15 is 0 Å². The van der Waals surface area contributed by atoms with E-state index in [9.17, 15) is 9.18 Å². The van der Waals surface area contributed by atoms with Crippen LogP contribution in [0.2, 0.25) is 0 Å². The molecule has 0 spiro atoms. The Balaban J connectivity index is 1.37. The maximum Gasteiger partial charge on any atom is 0.265 e. The Morgan fingerprint density at radius 3 is 2.66 bits per heavy atom. The third-order valence-corrected chi connectivity index (χ3v) is 5.11. The van der Waals surface area contributed by atoms with Gasteiger partial charge in [-0.3, -0.25) is 4.79 Å². The molecule has 1 amide bonds. The highest BCUT2D eigenvalue weighted by atomic mass is 19.1. The molecule has 0 aromatic heterocycles. The average Bonchev–Trinajstić information content (AvgIpc) is 2.77. The normalized spacial score (nSPS) is 18.7. The Hall–Kier alpha value is -2.80. The van der Waals surface area contributed by atoms with Crippen LogP contribution < -0.4 is 14.4 Å². The Morgan fingerprint density at radius 2 is 1.86 bits per heavy atom. The van der Waals surface area contributed by atoms with Gasteiger partial charge in [0.2, 0.25) is 0 Å². The van der Waals surface area contributed by atoms with E-state index in [2.05, 4.69) is 4.90 Å². The number of morpholine rings is 1. The molecular formula is C22H25FN2O4. The molecule has 1 atom stereocenters. The van der Waals surface area contributed by atoms with Crippen molar-refractivity contribution in [1.82, 2.24) is 4.90 Å². The summed E-state index contributed by atoms with van der Waals surface area (Å²) in [6.45, 7) is 4.09. The largest absolute Gasteiger partial charge is 0.494 e. The van der Waals surface area contributed by atoms with Crippen molar-refractivity contribution in [3.05, 3.63) is 54.3 Å². The zero-order valence-electron chi connectivity index (χ0n) is 16.3. The number of nitrogens with zero attached hydrogens (tertiary/aromatic N) is 2. The summed E-state index contributed by atoms with van der Waals surface area (Å²) in [6, 6.07) is 13.8. The molecule has 0 N–H and O–H groups in total. The lowest BCUT2D eigenvalue weighted by molar-refractivity contribution is -0.142. The molecule has 2 aliphatic rings. The Labute approximate surface area is 169 Å². The fourth-order valence-electron chi connectivity index (χ4n) is 3.61. The highest BCUT2D eigenvalue weighted by Crippen LogP contribution is 2.33. The van der Waals surface area contributed by atoms with Crippen molar-refractivity contribution in [3.63, 3.8) is 0 Å². The standard InChI is InChI=1S/C22H25FN2O4/c23-17-6-8-18(9-7-17)28-13-3-10-25-16-21(22(26)24-11-14-27-15-12-24)29-20-5-2-1-4-19(20)25/h1-2,4-9,21H,3,10-16H2. The van der Waals surface area contributed by atoms with Crippen LogP contribution >= 0.6 is 0 Å². The van der Waals surface area contributed by atoms with Crippen LogP contribution in [0.5, 0.6) is 11.5 Å². The number of amides is 1. The fraction of sp³-hybridized carbons (Fsp3) is 0.409. The molecule has 2 heterocycles. The zero-order valence-corrected chi connectivity index (χ0v) is 16.3. The van der Waals surface area contributed by atoms with Crippen LogP contribution in [-0.4, -0.2) is 62.9 Å². The topological polar surface area (TPSA) is 51.2 Å². The number of hydrogen-bond acceptors (Lipinski definition) is 5. The molecule has 154 valence electrons. The first-order valence-electron chi connectivity index (χ1n) is 9.96. The van der Waals surface area contributed by atoms with Gasteiger partial charge in [-0.1, -0.05) is 12.1 Å². The van der Waals surface area contributed by atoms with Gasteiger partial charge in [0.25, 0.3) is 5.91 Å². The lowest BCUT2D eigenvalue weighted by Crippen LogP contribution is -2.53. The van der Waals surface area contributed by atoms with Gasteiger partial charge in [0.1, 0.15) is 17.3 Å². The van der Waals surface area contributed by atoms with Crippen LogP contribution in [-0.2, 0) is 9.53 Å². The number of fused-ring (bicyclic) bond motifs is 1. The number of para-hydroxylation sites is 2. The maximum atomic E-state index is 13.0. The van der Waals surface area contributed by atoms with Crippen LogP contribution in [0.4, 0.5) is 10.1 Å². The summed E-state index contributed by atoms with van der Waals surface area (Å²) in [6.07, 6.45) is 0.241. The highest BCUT2D eigenvalue weighted by molar-refractivity contribution is 5.83. The molecule has 2 aromatic carbocycles. The smallest absolute Gasteiger partial charge is 0.265 e. The summed E-state index contributed by atoms with van der Waals surface area (Å²) in [5.74, 6) is 1.10. The monoisotopic (exact) mass is 400 g/mol. The van der Waals surface area contributed by atoms with Crippen LogP contribution in [0.1, 0.15) is 6.42 Å². The minimum atomic E-state index is -0.527. The molecule has 1 unspecified atom stereocenters. The van der Waals surface area contributed by atoms with E-state index in [0.29, 0.717) is 45.2 Å². The van der Waals surface area contributed by atoms with E-state index in [1.807, 2.05) is 29.2 Å². The Bertz CT molecular complexity index is 824. The summed E-state index contributed by atoms with van der Waals surface area (Å²) >= 11 is 0. The molecule has 2 aromatic rings. The second-order valence-corrected chi connectivity index (χ2v) is 7.11. The van der Waals surface area contributed by atoms with Crippen molar-refractivity contribution in [2.24, 2.45) is 0 Å². The average molecular weight is 400 g/mol. The molecular weight excluding hydrogens is 375 g/mol. The number of carbonyl (C=O) groups is 1. The minimum absolute atomic E-state index is 0.00960. The van der Waals surface area contributed by atoms with Crippen molar-refractivity contribution < 1.29 is 23.4 Å². The first-order valence-corrected chi connectivity index (χ1v) is 9.96. The van der Waals surface area contributed by atoms with Gasteiger partial charge in [0.15, 0.2) is 6.10 Å². The number of rotatable bonds is 6. The van der Waals surface area contributed by atoms with Gasteiger partial charge in [0.05, 0.1) is 32.1 Å². The molecule has 7 heteroatoms. The number of hydrogen-bond donors (Lipinski definition) is 0. The first kappa shape index (κ1) is 19.5. The summed E-state index contributed by atoms with van der Waals surface area (Å²) in [5, 5.41) is 0. The Morgan fingerprint density at radius 1 is 1.10 bits per heavy atom. The van der Waals surface area contributed by atoms with Crippen molar-refractivity contribution >= 4 is 11.6 Å². The van der Waals surface area contributed by atoms with E-state index in [-0.39, 0.29) is 11.7 Å². The Kier molecular flexibility index (Phi) is 6.14. The molecule has 1 fully saturated rings. The fourth-order valence-corrected chi connectivity index (χ4v) is 3.61. The molecule has 1 saturated heterocycles. The van der Waals surface area contributed by atoms with Crippen molar-refractivity contribution in [2.75, 3.05) is 50.9 Å². The molecule has 0 bridgehead atoms. The molecule has 0 aliphatic carbocycles. The van der Waals surface area contributed by atoms with Gasteiger partial charge in [-0.05, 0) is 42.8 Å². The molecule has 29 heavy (non-hydrogen) atoms. The van der Waals surface area contributed by atoms with E-state index in [1.165, 1.54) is 12.1 Å². The molecule has 4 rings (SSSR count). The quantitative estimate of drug-likeness (QED) is 0.698. The predicted molar refractivity (Wildman–Crippen MR) is 107 cm³/mol. The van der Waals surface area contributed by atoms with Crippen molar-refractivity contribution in [1.29, 1.82) is 0 Å².